The molecule has 0 N–H and O–H groups in total. The third-order valence-corrected chi connectivity index (χ3v) is 1.74. The summed E-state index contributed by atoms with van der Waals surface area (Å²) in [5.74, 6) is -1.10. The quantitative estimate of drug-likeness (QED) is 0.759. The van der Waals surface area contributed by atoms with E-state index in [0.717, 1.165) is 0 Å². The van der Waals surface area contributed by atoms with Crippen LogP contribution in [0, 0.1) is 0 Å². The first kappa shape index (κ1) is 15.5. The molecular weight excluding hydrogens is 240 g/mol. The smallest absolute Gasteiger partial charge is 0.338 e. The van der Waals surface area contributed by atoms with Crippen molar-refractivity contribution in [2.45, 2.75) is 0 Å². The summed E-state index contributed by atoms with van der Waals surface area (Å²) < 4.78 is 9.05. The Balaban J connectivity index is 0.000000770. The molecule has 0 saturated carbocycles. The maximum Gasteiger partial charge on any atom is 0.338 e. The van der Waals surface area contributed by atoms with Crippen molar-refractivity contribution >= 4 is 23.7 Å². The lowest BCUT2D eigenvalue weighted by atomic mass is 10.1. The monoisotopic (exact) mass is 256 g/mol. The molecular formula is C12H16O4S. The SMILES string of the molecule is COC(=O)c1ccccc1C(=O)OC.CSC. The molecule has 0 radical (unpaired) electrons. The minimum atomic E-state index is -0.550. The van der Waals surface area contributed by atoms with Crippen LogP contribution in [0.4, 0.5) is 0 Å². The fourth-order valence-electron chi connectivity index (χ4n) is 1.06. The lowest BCUT2D eigenvalue weighted by molar-refractivity contribution is 0.0555. The van der Waals surface area contributed by atoms with E-state index < -0.39 is 11.9 Å². The average molecular weight is 256 g/mol. The lowest BCUT2D eigenvalue weighted by Crippen LogP contribution is -2.11. The second-order valence-electron chi connectivity index (χ2n) is 2.94. The summed E-state index contributed by atoms with van der Waals surface area (Å²) in [6.07, 6.45) is 4.08. The number of thioether (sulfide) groups is 1. The number of methoxy groups -OCH3 is 2. The van der Waals surface area contributed by atoms with E-state index in [9.17, 15) is 9.59 Å². The molecule has 0 spiro atoms. The van der Waals surface area contributed by atoms with Crippen LogP contribution in [0.2, 0.25) is 0 Å². The van der Waals surface area contributed by atoms with Crippen LogP contribution >= 0.6 is 11.8 Å². The fraction of sp³-hybridized carbons (Fsp3) is 0.333. The van der Waals surface area contributed by atoms with E-state index in [0.29, 0.717) is 0 Å². The Morgan fingerprint density at radius 1 is 0.941 bits per heavy atom. The van der Waals surface area contributed by atoms with Gasteiger partial charge in [0, 0.05) is 0 Å². The molecule has 0 saturated heterocycles. The molecule has 0 bridgehead atoms. The Hall–Kier alpha value is -1.49. The van der Waals surface area contributed by atoms with Gasteiger partial charge in [-0.25, -0.2) is 9.59 Å². The highest BCUT2D eigenvalue weighted by Crippen LogP contribution is 2.10. The van der Waals surface area contributed by atoms with Crippen LogP contribution in [0.5, 0.6) is 0 Å². The predicted molar refractivity (Wildman–Crippen MR) is 68.6 cm³/mol. The van der Waals surface area contributed by atoms with Crippen LogP contribution in [-0.4, -0.2) is 38.7 Å². The van der Waals surface area contributed by atoms with Gasteiger partial charge in [-0.2, -0.15) is 11.8 Å². The van der Waals surface area contributed by atoms with Crippen molar-refractivity contribution in [3.8, 4) is 0 Å². The van der Waals surface area contributed by atoms with Crippen LogP contribution in [0.1, 0.15) is 20.7 Å². The molecule has 1 aromatic carbocycles. The van der Waals surface area contributed by atoms with Gasteiger partial charge in [0.05, 0.1) is 25.3 Å². The van der Waals surface area contributed by atoms with Crippen molar-refractivity contribution in [1.29, 1.82) is 0 Å². The van der Waals surface area contributed by atoms with Gasteiger partial charge in [-0.15, -0.1) is 0 Å². The number of carbonyl (C=O) groups excluding carboxylic acids is 2. The summed E-state index contributed by atoms with van der Waals surface area (Å²) in [7, 11) is 2.52. The maximum absolute atomic E-state index is 11.2. The second-order valence-corrected chi connectivity index (χ2v) is 3.75. The number of hydrogen-bond acceptors (Lipinski definition) is 5. The van der Waals surface area contributed by atoms with Gasteiger partial charge in [-0.1, -0.05) is 12.1 Å². The Morgan fingerprint density at radius 2 is 1.24 bits per heavy atom. The van der Waals surface area contributed by atoms with Gasteiger partial charge in [0.1, 0.15) is 0 Å². The molecule has 0 aliphatic carbocycles. The summed E-state index contributed by atoms with van der Waals surface area (Å²) in [4.78, 5) is 22.4. The number of esters is 2. The molecule has 94 valence electrons. The lowest BCUT2D eigenvalue weighted by Gasteiger charge is -2.04. The van der Waals surface area contributed by atoms with E-state index in [2.05, 4.69) is 9.47 Å². The summed E-state index contributed by atoms with van der Waals surface area (Å²) in [5, 5.41) is 0. The Labute approximate surface area is 105 Å². The molecule has 0 unspecified atom stereocenters. The summed E-state index contributed by atoms with van der Waals surface area (Å²) in [6, 6.07) is 6.33. The maximum atomic E-state index is 11.2. The van der Waals surface area contributed by atoms with Gasteiger partial charge < -0.3 is 9.47 Å². The number of benzene rings is 1. The molecule has 1 aromatic rings. The van der Waals surface area contributed by atoms with Gasteiger partial charge in [0.25, 0.3) is 0 Å². The van der Waals surface area contributed by atoms with Crippen molar-refractivity contribution in [2.75, 3.05) is 26.7 Å². The second kappa shape index (κ2) is 8.64. The Bertz CT molecular complexity index is 342. The van der Waals surface area contributed by atoms with Crippen LogP contribution in [-0.2, 0) is 9.47 Å². The number of rotatable bonds is 2. The van der Waals surface area contributed by atoms with Gasteiger partial charge in [-0.05, 0) is 24.6 Å². The first-order chi connectivity index (χ1) is 8.12. The standard InChI is InChI=1S/C10H10O4.C2H6S/c1-13-9(11)7-5-3-4-6-8(7)10(12)14-2;1-3-2/h3-6H,1-2H3;1-2H3. The van der Waals surface area contributed by atoms with Gasteiger partial charge in [0.2, 0.25) is 0 Å². The molecule has 0 atom stereocenters. The molecule has 0 heterocycles. The fourth-order valence-corrected chi connectivity index (χ4v) is 1.06. The Morgan fingerprint density at radius 3 is 1.47 bits per heavy atom. The topological polar surface area (TPSA) is 52.6 Å². The summed E-state index contributed by atoms with van der Waals surface area (Å²) in [6.45, 7) is 0. The summed E-state index contributed by atoms with van der Waals surface area (Å²) >= 11 is 1.75. The van der Waals surface area contributed by atoms with E-state index >= 15 is 0 Å². The van der Waals surface area contributed by atoms with Crippen molar-refractivity contribution in [3.05, 3.63) is 35.4 Å². The third kappa shape index (κ3) is 4.91. The summed E-state index contributed by atoms with van der Waals surface area (Å²) in [5.41, 5.74) is 0.420. The zero-order valence-corrected chi connectivity index (χ0v) is 11.2. The molecule has 4 nitrogen and oxygen atoms in total. The molecule has 1 rings (SSSR count). The first-order valence-corrected chi connectivity index (χ1v) is 6.41. The number of hydrogen-bond donors (Lipinski definition) is 0. The number of carbonyl (C=O) groups is 2. The van der Waals surface area contributed by atoms with Crippen molar-refractivity contribution in [2.24, 2.45) is 0 Å². The van der Waals surface area contributed by atoms with Gasteiger partial charge in [-0.3, -0.25) is 0 Å². The molecule has 0 amide bonds. The average Bonchev–Trinajstić information content (AvgIpc) is 2.37. The molecule has 5 heteroatoms. The molecule has 0 aliphatic rings. The Kier molecular flexibility index (Phi) is 7.88. The minimum Gasteiger partial charge on any atom is -0.465 e. The normalized spacial score (nSPS) is 8.71. The molecule has 0 aromatic heterocycles. The van der Waals surface area contributed by atoms with Crippen molar-refractivity contribution in [1.82, 2.24) is 0 Å². The van der Waals surface area contributed by atoms with E-state index in [1.54, 1.807) is 23.9 Å². The van der Waals surface area contributed by atoms with Crippen LogP contribution in [0.15, 0.2) is 24.3 Å². The molecule has 17 heavy (non-hydrogen) atoms. The first-order valence-electron chi connectivity index (χ1n) is 4.78. The minimum absolute atomic E-state index is 0.210. The third-order valence-electron chi connectivity index (χ3n) is 1.74. The van der Waals surface area contributed by atoms with Gasteiger partial charge >= 0.3 is 11.9 Å². The molecule has 0 fully saturated rings. The van der Waals surface area contributed by atoms with Crippen LogP contribution in [0.3, 0.4) is 0 Å². The zero-order chi connectivity index (χ0) is 13.3. The predicted octanol–water partition coefficient (Wildman–Crippen LogP) is 2.24. The zero-order valence-electron chi connectivity index (χ0n) is 10.4. The van der Waals surface area contributed by atoms with E-state index in [1.165, 1.54) is 26.4 Å². The van der Waals surface area contributed by atoms with Crippen molar-refractivity contribution in [3.63, 3.8) is 0 Å². The highest BCUT2D eigenvalue weighted by Gasteiger charge is 2.16. The van der Waals surface area contributed by atoms with E-state index in [-0.39, 0.29) is 11.1 Å². The van der Waals surface area contributed by atoms with E-state index in [4.69, 9.17) is 0 Å². The largest absolute Gasteiger partial charge is 0.465 e. The van der Waals surface area contributed by atoms with Crippen molar-refractivity contribution < 1.29 is 19.1 Å². The van der Waals surface area contributed by atoms with Crippen LogP contribution in [0.25, 0.3) is 0 Å². The van der Waals surface area contributed by atoms with Crippen LogP contribution < -0.4 is 0 Å². The number of ether oxygens (including phenoxy) is 2. The van der Waals surface area contributed by atoms with Gasteiger partial charge in [0.15, 0.2) is 0 Å². The highest BCUT2D eigenvalue weighted by atomic mass is 32.2. The highest BCUT2D eigenvalue weighted by molar-refractivity contribution is 7.97. The molecule has 0 aliphatic heterocycles. The van der Waals surface area contributed by atoms with E-state index in [1.807, 2.05) is 12.5 Å².